The number of esters is 1. The van der Waals surface area contributed by atoms with Crippen molar-refractivity contribution < 1.29 is 23.8 Å². The van der Waals surface area contributed by atoms with E-state index >= 15 is 0 Å². The summed E-state index contributed by atoms with van der Waals surface area (Å²) in [5, 5.41) is 0.853. The summed E-state index contributed by atoms with van der Waals surface area (Å²) in [4.78, 5) is 44.2. The van der Waals surface area contributed by atoms with Gasteiger partial charge in [0.25, 0.3) is 5.56 Å². The van der Waals surface area contributed by atoms with E-state index in [1.54, 1.807) is 27.7 Å². The number of carbonyl (C=O) groups is 2. The average Bonchev–Trinajstić information content (AvgIpc) is 3.32. The molecule has 2 aliphatic heterocycles. The van der Waals surface area contributed by atoms with Gasteiger partial charge < -0.3 is 19.1 Å². The van der Waals surface area contributed by atoms with Crippen LogP contribution in [0.5, 0.6) is 0 Å². The average molecular weight is 448 g/mol. The molecule has 166 valence electrons. The Hall–Kier alpha value is -2.43. The van der Waals surface area contributed by atoms with Gasteiger partial charge in [-0.3, -0.25) is 14.2 Å². The first-order valence-electron chi connectivity index (χ1n) is 10.3. The van der Waals surface area contributed by atoms with Gasteiger partial charge >= 0.3 is 5.97 Å². The molecule has 1 aromatic carbocycles. The second-order valence-electron chi connectivity index (χ2n) is 7.45. The van der Waals surface area contributed by atoms with Crippen LogP contribution in [0.1, 0.15) is 23.2 Å². The molecule has 31 heavy (non-hydrogen) atoms. The number of amides is 1. The van der Waals surface area contributed by atoms with E-state index in [0.29, 0.717) is 61.1 Å². The smallest absolute Gasteiger partial charge is 0.337 e. The number of nitrogens with zero attached hydrogens (tertiary/aromatic N) is 3. The Balaban J connectivity index is 1.65. The minimum atomic E-state index is -0.496. The molecule has 0 saturated carbocycles. The lowest BCUT2D eigenvalue weighted by atomic mass is 10.1. The van der Waals surface area contributed by atoms with Crippen LogP contribution in [0.15, 0.2) is 28.2 Å². The number of fused-ring (bicyclic) bond motifs is 1. The highest BCUT2D eigenvalue weighted by Gasteiger charge is 2.23. The molecule has 0 N–H and O–H groups in total. The number of aromatic nitrogens is 2. The van der Waals surface area contributed by atoms with E-state index in [1.807, 2.05) is 0 Å². The van der Waals surface area contributed by atoms with Crippen LogP contribution in [0.25, 0.3) is 10.9 Å². The summed E-state index contributed by atoms with van der Waals surface area (Å²) in [7, 11) is 1.30. The Morgan fingerprint density at radius 2 is 2.06 bits per heavy atom. The number of methoxy groups -OCH3 is 1. The first-order chi connectivity index (χ1) is 15.1. The van der Waals surface area contributed by atoms with Gasteiger partial charge in [0, 0.05) is 19.7 Å². The monoisotopic (exact) mass is 447 g/mol. The normalized spacial score (nSPS) is 19.0. The fourth-order valence-electron chi connectivity index (χ4n) is 3.74. The van der Waals surface area contributed by atoms with Crippen molar-refractivity contribution in [2.75, 3.05) is 45.8 Å². The Kier molecular flexibility index (Phi) is 6.89. The highest BCUT2D eigenvalue weighted by Crippen LogP contribution is 2.22. The van der Waals surface area contributed by atoms with E-state index in [-0.39, 0.29) is 23.3 Å². The number of thioether (sulfide) groups is 1. The summed E-state index contributed by atoms with van der Waals surface area (Å²) < 4.78 is 17.4. The van der Waals surface area contributed by atoms with Gasteiger partial charge in [0.1, 0.15) is 0 Å². The number of benzene rings is 1. The standard InChI is InChI=1S/C21H25N3O6S/c1-28-20(27)14-4-5-16-17(11-14)22-21(24(19(16)26)12-15-3-2-8-30-15)31-13-18(25)23-6-9-29-10-7-23/h4-5,11,15H,2-3,6-10,12-13H2,1H3/t15-/m1/s1. The summed E-state index contributed by atoms with van der Waals surface area (Å²) in [6.07, 6.45) is 1.78. The van der Waals surface area contributed by atoms with Crippen LogP contribution in [0.2, 0.25) is 0 Å². The lowest BCUT2D eigenvalue weighted by molar-refractivity contribution is -0.132. The molecule has 1 atom stereocenters. The van der Waals surface area contributed by atoms with Crippen LogP contribution in [0, 0.1) is 0 Å². The third-order valence-electron chi connectivity index (χ3n) is 5.44. The molecule has 0 radical (unpaired) electrons. The van der Waals surface area contributed by atoms with E-state index in [4.69, 9.17) is 14.2 Å². The summed E-state index contributed by atoms with van der Waals surface area (Å²) in [5.41, 5.74) is 0.509. The van der Waals surface area contributed by atoms with Gasteiger partial charge in [-0.25, -0.2) is 9.78 Å². The van der Waals surface area contributed by atoms with Crippen molar-refractivity contribution in [2.45, 2.75) is 30.6 Å². The highest BCUT2D eigenvalue weighted by molar-refractivity contribution is 7.99. The first-order valence-corrected chi connectivity index (χ1v) is 11.3. The van der Waals surface area contributed by atoms with Crippen molar-refractivity contribution in [3.63, 3.8) is 0 Å². The number of morpholine rings is 1. The molecular weight excluding hydrogens is 422 g/mol. The van der Waals surface area contributed by atoms with Crippen molar-refractivity contribution in [3.8, 4) is 0 Å². The van der Waals surface area contributed by atoms with Gasteiger partial charge in [-0.05, 0) is 31.0 Å². The minimum absolute atomic E-state index is 0.0189. The molecule has 2 fully saturated rings. The van der Waals surface area contributed by atoms with Crippen LogP contribution in [-0.4, -0.2) is 78.2 Å². The largest absolute Gasteiger partial charge is 0.465 e. The van der Waals surface area contributed by atoms with Crippen LogP contribution < -0.4 is 5.56 Å². The van der Waals surface area contributed by atoms with Gasteiger partial charge in [-0.2, -0.15) is 0 Å². The number of hydrogen-bond donors (Lipinski definition) is 0. The van der Waals surface area contributed by atoms with E-state index in [2.05, 4.69) is 4.98 Å². The molecule has 2 saturated heterocycles. The first kappa shape index (κ1) is 21.8. The molecule has 2 aliphatic rings. The zero-order valence-corrected chi connectivity index (χ0v) is 18.2. The Morgan fingerprint density at radius 1 is 1.26 bits per heavy atom. The van der Waals surface area contributed by atoms with Crippen molar-refractivity contribution in [3.05, 3.63) is 34.1 Å². The highest BCUT2D eigenvalue weighted by atomic mass is 32.2. The molecule has 1 amide bonds. The van der Waals surface area contributed by atoms with Crippen molar-refractivity contribution in [2.24, 2.45) is 0 Å². The zero-order valence-electron chi connectivity index (χ0n) is 17.4. The molecule has 0 aliphatic carbocycles. The predicted octanol–water partition coefficient (Wildman–Crippen LogP) is 1.31. The van der Waals surface area contributed by atoms with Crippen molar-refractivity contribution >= 4 is 34.5 Å². The maximum Gasteiger partial charge on any atom is 0.337 e. The molecule has 4 rings (SSSR count). The maximum atomic E-state index is 13.3. The van der Waals surface area contributed by atoms with Crippen LogP contribution in [0.4, 0.5) is 0 Å². The Morgan fingerprint density at radius 3 is 2.77 bits per heavy atom. The van der Waals surface area contributed by atoms with Gasteiger partial charge in [0.05, 0.1) is 55.2 Å². The third-order valence-corrected chi connectivity index (χ3v) is 6.40. The van der Waals surface area contributed by atoms with Crippen LogP contribution >= 0.6 is 11.8 Å². The van der Waals surface area contributed by atoms with Gasteiger partial charge in [-0.15, -0.1) is 0 Å². The lowest BCUT2D eigenvalue weighted by Gasteiger charge is -2.26. The number of hydrogen-bond acceptors (Lipinski definition) is 8. The van der Waals surface area contributed by atoms with Crippen LogP contribution in [0.3, 0.4) is 0 Å². The van der Waals surface area contributed by atoms with E-state index < -0.39 is 5.97 Å². The zero-order chi connectivity index (χ0) is 21.8. The van der Waals surface area contributed by atoms with Crippen molar-refractivity contribution in [1.82, 2.24) is 14.5 Å². The molecule has 2 aromatic rings. The molecular formula is C21H25N3O6S. The maximum absolute atomic E-state index is 13.3. The lowest BCUT2D eigenvalue weighted by Crippen LogP contribution is -2.41. The summed E-state index contributed by atoms with van der Waals surface area (Å²) in [5.74, 6) is -0.348. The summed E-state index contributed by atoms with van der Waals surface area (Å²) in [6.45, 7) is 3.26. The molecule has 0 spiro atoms. The van der Waals surface area contributed by atoms with E-state index in [1.165, 1.54) is 18.9 Å². The van der Waals surface area contributed by atoms with Gasteiger partial charge in [-0.1, -0.05) is 11.8 Å². The topological polar surface area (TPSA) is 100.0 Å². The summed E-state index contributed by atoms with van der Waals surface area (Å²) >= 11 is 1.23. The van der Waals surface area contributed by atoms with Crippen molar-refractivity contribution in [1.29, 1.82) is 0 Å². The Labute approximate surface area is 183 Å². The molecule has 0 unspecified atom stereocenters. The van der Waals surface area contributed by atoms with Gasteiger partial charge in [0.15, 0.2) is 5.16 Å². The Bertz CT molecular complexity index is 1030. The molecule has 3 heterocycles. The fraction of sp³-hybridized carbons (Fsp3) is 0.524. The second kappa shape index (κ2) is 9.80. The molecule has 0 bridgehead atoms. The third kappa shape index (κ3) is 4.91. The van der Waals surface area contributed by atoms with Crippen LogP contribution in [-0.2, 0) is 25.5 Å². The fourth-order valence-corrected chi connectivity index (χ4v) is 4.65. The SMILES string of the molecule is COC(=O)c1ccc2c(=O)n(C[C@H]3CCCO3)c(SCC(=O)N3CCOCC3)nc2c1. The number of rotatable bonds is 6. The molecule has 10 heteroatoms. The number of carbonyl (C=O) groups excluding carboxylic acids is 2. The number of ether oxygens (including phenoxy) is 3. The van der Waals surface area contributed by atoms with E-state index in [0.717, 1.165) is 12.8 Å². The second-order valence-corrected chi connectivity index (χ2v) is 8.39. The summed E-state index contributed by atoms with van der Waals surface area (Å²) in [6, 6.07) is 4.70. The molecule has 9 nitrogen and oxygen atoms in total. The molecule has 1 aromatic heterocycles. The quantitative estimate of drug-likeness (QED) is 0.371. The van der Waals surface area contributed by atoms with E-state index in [9.17, 15) is 14.4 Å². The van der Waals surface area contributed by atoms with Gasteiger partial charge in [0.2, 0.25) is 5.91 Å². The predicted molar refractivity (Wildman–Crippen MR) is 114 cm³/mol. The minimum Gasteiger partial charge on any atom is -0.465 e.